The number of nitrogens with two attached hydrogens (primary N) is 2. The number of anilines is 2. The van der Waals surface area contributed by atoms with Gasteiger partial charge < -0.3 is 11.5 Å². The van der Waals surface area contributed by atoms with E-state index in [0.29, 0.717) is 26.8 Å². The summed E-state index contributed by atoms with van der Waals surface area (Å²) < 4.78 is 0. The first-order chi connectivity index (χ1) is 10.5. The quantitative estimate of drug-likeness (QED) is 0.697. The SMILES string of the molecule is Nc1nc(N)c2cc(N=Cc3ccc(Cl)c(Cl)c3)ccc2n1. The average molecular weight is 332 g/mol. The van der Waals surface area contributed by atoms with Gasteiger partial charge in [0.05, 0.1) is 21.2 Å². The van der Waals surface area contributed by atoms with E-state index in [4.69, 9.17) is 34.7 Å². The summed E-state index contributed by atoms with van der Waals surface area (Å²) in [4.78, 5) is 12.5. The molecule has 0 radical (unpaired) electrons. The number of aliphatic imine (C=N–C) groups is 1. The van der Waals surface area contributed by atoms with Gasteiger partial charge in [0.25, 0.3) is 0 Å². The Morgan fingerprint density at radius 3 is 2.55 bits per heavy atom. The van der Waals surface area contributed by atoms with E-state index in [1.165, 1.54) is 0 Å². The van der Waals surface area contributed by atoms with Crippen molar-refractivity contribution in [2.45, 2.75) is 0 Å². The average Bonchev–Trinajstić information content (AvgIpc) is 2.48. The van der Waals surface area contributed by atoms with Gasteiger partial charge in [-0.3, -0.25) is 4.99 Å². The Kier molecular flexibility index (Phi) is 3.83. The van der Waals surface area contributed by atoms with Crippen LogP contribution in [0, 0.1) is 0 Å². The lowest BCUT2D eigenvalue weighted by Crippen LogP contribution is -2.00. The van der Waals surface area contributed by atoms with Crippen molar-refractivity contribution in [3.8, 4) is 0 Å². The molecule has 3 rings (SSSR count). The molecule has 5 nitrogen and oxygen atoms in total. The third-order valence-electron chi connectivity index (χ3n) is 3.03. The standard InChI is InChI=1S/C15H11Cl2N5/c16-11-3-1-8(5-12(11)17)7-20-9-2-4-13-10(6-9)14(18)22-15(19)21-13/h1-7H,(H4,18,19,21,22). The lowest BCUT2D eigenvalue weighted by atomic mass is 10.2. The predicted octanol–water partition coefficient (Wildman–Crippen LogP) is 3.85. The van der Waals surface area contributed by atoms with Crippen LogP contribution in [0.4, 0.5) is 17.5 Å². The molecular formula is C15H11Cl2N5. The van der Waals surface area contributed by atoms with Crippen LogP contribution in [0.5, 0.6) is 0 Å². The third-order valence-corrected chi connectivity index (χ3v) is 3.77. The molecule has 2 aromatic carbocycles. The van der Waals surface area contributed by atoms with Crippen LogP contribution >= 0.6 is 23.2 Å². The van der Waals surface area contributed by atoms with Gasteiger partial charge in [0.2, 0.25) is 5.95 Å². The van der Waals surface area contributed by atoms with E-state index in [9.17, 15) is 0 Å². The number of aromatic nitrogens is 2. The van der Waals surface area contributed by atoms with E-state index in [1.807, 2.05) is 12.1 Å². The number of benzene rings is 2. The zero-order chi connectivity index (χ0) is 15.7. The number of nitrogen functional groups attached to an aromatic ring is 2. The molecule has 0 spiro atoms. The van der Waals surface area contributed by atoms with E-state index in [-0.39, 0.29) is 5.95 Å². The molecule has 4 N–H and O–H groups in total. The van der Waals surface area contributed by atoms with Gasteiger partial charge in [-0.2, -0.15) is 4.98 Å². The number of fused-ring (bicyclic) bond motifs is 1. The Hall–Kier alpha value is -2.37. The normalized spacial score (nSPS) is 11.4. The van der Waals surface area contributed by atoms with Crippen molar-refractivity contribution >= 4 is 57.8 Å². The summed E-state index contributed by atoms with van der Waals surface area (Å²) in [5, 5.41) is 1.70. The molecule has 0 atom stereocenters. The van der Waals surface area contributed by atoms with Crippen molar-refractivity contribution in [2.24, 2.45) is 4.99 Å². The van der Waals surface area contributed by atoms with Crippen molar-refractivity contribution in [2.75, 3.05) is 11.5 Å². The van der Waals surface area contributed by atoms with Crippen molar-refractivity contribution in [3.63, 3.8) is 0 Å². The highest BCUT2D eigenvalue weighted by molar-refractivity contribution is 6.42. The minimum absolute atomic E-state index is 0.150. The summed E-state index contributed by atoms with van der Waals surface area (Å²) >= 11 is 11.8. The highest BCUT2D eigenvalue weighted by atomic mass is 35.5. The van der Waals surface area contributed by atoms with Gasteiger partial charge in [0, 0.05) is 11.6 Å². The Labute approximate surface area is 136 Å². The summed E-state index contributed by atoms with van der Waals surface area (Å²) in [6.45, 7) is 0. The van der Waals surface area contributed by atoms with E-state index in [2.05, 4.69) is 15.0 Å². The molecule has 0 aliphatic rings. The fourth-order valence-electron chi connectivity index (χ4n) is 1.98. The molecule has 0 saturated carbocycles. The molecule has 0 aliphatic heterocycles. The first kappa shape index (κ1) is 14.6. The minimum atomic E-state index is 0.150. The number of halogens is 2. The molecule has 1 aromatic heterocycles. The lowest BCUT2D eigenvalue weighted by molar-refractivity contribution is 1.24. The summed E-state index contributed by atoms with van der Waals surface area (Å²) in [5.41, 5.74) is 13.7. The number of hydrogen-bond donors (Lipinski definition) is 2. The Morgan fingerprint density at radius 2 is 1.77 bits per heavy atom. The zero-order valence-electron chi connectivity index (χ0n) is 11.3. The first-order valence-electron chi connectivity index (χ1n) is 6.35. The fourth-order valence-corrected chi connectivity index (χ4v) is 2.29. The van der Waals surface area contributed by atoms with Crippen LogP contribution in [0.3, 0.4) is 0 Å². The maximum Gasteiger partial charge on any atom is 0.222 e. The smallest absolute Gasteiger partial charge is 0.222 e. The summed E-state index contributed by atoms with van der Waals surface area (Å²) in [6, 6.07) is 10.7. The van der Waals surface area contributed by atoms with E-state index in [0.717, 1.165) is 11.3 Å². The number of nitrogens with zero attached hydrogens (tertiary/aromatic N) is 3. The molecule has 22 heavy (non-hydrogen) atoms. The summed E-state index contributed by atoms with van der Waals surface area (Å²) in [6.07, 6.45) is 1.69. The van der Waals surface area contributed by atoms with Crippen LogP contribution in [-0.2, 0) is 0 Å². The second kappa shape index (κ2) is 5.79. The molecule has 0 fully saturated rings. The number of hydrogen-bond acceptors (Lipinski definition) is 5. The second-order valence-corrected chi connectivity index (χ2v) is 5.41. The maximum absolute atomic E-state index is 5.97. The summed E-state index contributed by atoms with van der Waals surface area (Å²) in [5.74, 6) is 0.478. The van der Waals surface area contributed by atoms with Crippen LogP contribution < -0.4 is 11.5 Å². The van der Waals surface area contributed by atoms with Gasteiger partial charge in [-0.05, 0) is 35.9 Å². The van der Waals surface area contributed by atoms with Crippen molar-refractivity contribution in [1.29, 1.82) is 0 Å². The molecule has 7 heteroatoms. The summed E-state index contributed by atoms with van der Waals surface area (Å²) in [7, 11) is 0. The molecule has 0 amide bonds. The first-order valence-corrected chi connectivity index (χ1v) is 7.10. The molecular weight excluding hydrogens is 321 g/mol. The van der Waals surface area contributed by atoms with E-state index >= 15 is 0 Å². The van der Waals surface area contributed by atoms with Crippen molar-refractivity contribution < 1.29 is 0 Å². The molecule has 0 bridgehead atoms. The molecule has 3 aromatic rings. The van der Waals surface area contributed by atoms with Crippen LogP contribution in [0.1, 0.15) is 5.56 Å². The van der Waals surface area contributed by atoms with Gasteiger partial charge in [-0.25, -0.2) is 4.98 Å². The van der Waals surface area contributed by atoms with Crippen LogP contribution in [0.2, 0.25) is 10.0 Å². The topological polar surface area (TPSA) is 90.2 Å². The Morgan fingerprint density at radius 1 is 0.955 bits per heavy atom. The van der Waals surface area contributed by atoms with Gasteiger partial charge in [0.1, 0.15) is 5.82 Å². The van der Waals surface area contributed by atoms with E-state index in [1.54, 1.807) is 30.5 Å². The minimum Gasteiger partial charge on any atom is -0.383 e. The van der Waals surface area contributed by atoms with E-state index < -0.39 is 0 Å². The number of rotatable bonds is 2. The largest absolute Gasteiger partial charge is 0.383 e. The highest BCUT2D eigenvalue weighted by Crippen LogP contribution is 2.25. The Bertz CT molecular complexity index is 892. The molecule has 0 unspecified atom stereocenters. The molecule has 0 saturated heterocycles. The Balaban J connectivity index is 1.96. The van der Waals surface area contributed by atoms with Crippen molar-refractivity contribution in [1.82, 2.24) is 9.97 Å². The predicted molar refractivity (Wildman–Crippen MR) is 92.1 cm³/mol. The lowest BCUT2D eigenvalue weighted by Gasteiger charge is -2.03. The second-order valence-electron chi connectivity index (χ2n) is 4.60. The fraction of sp³-hybridized carbons (Fsp3) is 0. The zero-order valence-corrected chi connectivity index (χ0v) is 12.8. The van der Waals surface area contributed by atoms with Crippen LogP contribution in [0.15, 0.2) is 41.4 Å². The van der Waals surface area contributed by atoms with Crippen molar-refractivity contribution in [3.05, 3.63) is 52.0 Å². The molecule has 1 heterocycles. The monoisotopic (exact) mass is 331 g/mol. The third kappa shape index (κ3) is 2.95. The van der Waals surface area contributed by atoms with Gasteiger partial charge in [0.15, 0.2) is 0 Å². The molecule has 0 aliphatic carbocycles. The van der Waals surface area contributed by atoms with Gasteiger partial charge in [-0.15, -0.1) is 0 Å². The van der Waals surface area contributed by atoms with Gasteiger partial charge in [-0.1, -0.05) is 29.3 Å². The maximum atomic E-state index is 5.97. The highest BCUT2D eigenvalue weighted by Gasteiger charge is 2.04. The molecule has 110 valence electrons. The van der Waals surface area contributed by atoms with Crippen LogP contribution in [-0.4, -0.2) is 16.2 Å². The van der Waals surface area contributed by atoms with Gasteiger partial charge >= 0.3 is 0 Å². The van der Waals surface area contributed by atoms with Crippen LogP contribution in [0.25, 0.3) is 10.9 Å².